The number of nitrogens with zero attached hydrogens (tertiary/aromatic N) is 2. The summed E-state index contributed by atoms with van der Waals surface area (Å²) in [7, 11) is 0. The second-order valence-corrected chi connectivity index (χ2v) is 11.2. The fourth-order valence-corrected chi connectivity index (χ4v) is 5.60. The van der Waals surface area contributed by atoms with E-state index in [9.17, 15) is 14.0 Å². The van der Waals surface area contributed by atoms with E-state index in [1.54, 1.807) is 11.4 Å². The van der Waals surface area contributed by atoms with Gasteiger partial charge in [-0.05, 0) is 80.3 Å². The van der Waals surface area contributed by atoms with Crippen molar-refractivity contribution in [1.29, 1.82) is 0 Å². The van der Waals surface area contributed by atoms with Crippen LogP contribution in [-0.2, 0) is 6.42 Å². The Morgan fingerprint density at radius 2 is 1.68 bits per heavy atom. The summed E-state index contributed by atoms with van der Waals surface area (Å²) in [6, 6.07) is 16.8. The molecule has 1 saturated carbocycles. The van der Waals surface area contributed by atoms with Gasteiger partial charge in [-0.15, -0.1) is 11.3 Å². The molecule has 1 aliphatic carbocycles. The molecule has 2 amide bonds. The van der Waals surface area contributed by atoms with Gasteiger partial charge in [-0.1, -0.05) is 43.3 Å². The highest BCUT2D eigenvalue weighted by Crippen LogP contribution is 2.29. The van der Waals surface area contributed by atoms with Gasteiger partial charge in [0.1, 0.15) is 22.8 Å². The quantitative estimate of drug-likeness (QED) is 0.234. The first-order valence-electron chi connectivity index (χ1n) is 13.7. The highest BCUT2D eigenvalue weighted by molar-refractivity contribution is 7.09. The number of benzene rings is 2. The number of carbonyl (C=O) groups is 2. The number of nitrogens with one attached hydrogen (secondary N) is 2. The summed E-state index contributed by atoms with van der Waals surface area (Å²) in [5.41, 5.74) is 3.66. The average Bonchev–Trinajstić information content (AvgIpc) is 3.42. The Hall–Kier alpha value is -4.11. The van der Waals surface area contributed by atoms with Crippen molar-refractivity contribution >= 4 is 23.2 Å². The molecule has 0 bridgehead atoms. The molecule has 0 spiro atoms. The number of rotatable bonds is 9. The molecule has 1 aliphatic rings. The van der Waals surface area contributed by atoms with Crippen LogP contribution in [0.25, 0.3) is 11.1 Å². The van der Waals surface area contributed by atoms with E-state index in [4.69, 9.17) is 4.74 Å². The summed E-state index contributed by atoms with van der Waals surface area (Å²) in [5.74, 6) is -0.725. The maximum absolute atomic E-state index is 14.2. The van der Waals surface area contributed by atoms with E-state index >= 15 is 0 Å². The Balaban J connectivity index is 1.22. The Kier molecular flexibility index (Phi) is 9.04. The Morgan fingerprint density at radius 1 is 1.00 bits per heavy atom. The van der Waals surface area contributed by atoms with Gasteiger partial charge in [-0.3, -0.25) is 9.59 Å². The monoisotopic (exact) mass is 571 g/mol. The van der Waals surface area contributed by atoms with Gasteiger partial charge < -0.3 is 15.4 Å². The number of carbonyl (C=O) groups excluding carboxylic acids is 2. The van der Waals surface area contributed by atoms with E-state index in [0.717, 1.165) is 41.2 Å². The van der Waals surface area contributed by atoms with Crippen LogP contribution in [-0.4, -0.2) is 33.9 Å². The summed E-state index contributed by atoms with van der Waals surface area (Å²) >= 11 is 1.44. The molecule has 2 aromatic heterocycles. The fraction of sp³-hybridized carbons (Fsp3) is 0.281. The first kappa shape index (κ1) is 28.4. The molecule has 1 fully saturated rings. The molecule has 0 saturated heterocycles. The molecule has 2 N–H and O–H groups in total. The van der Waals surface area contributed by atoms with Crippen molar-refractivity contribution in [3.8, 4) is 22.8 Å². The molecule has 0 unspecified atom stereocenters. The van der Waals surface area contributed by atoms with Gasteiger partial charge in [0.05, 0.1) is 11.2 Å². The maximum atomic E-state index is 14.2. The van der Waals surface area contributed by atoms with E-state index in [2.05, 4.69) is 39.7 Å². The minimum Gasteiger partial charge on any atom is -0.438 e. The second kappa shape index (κ2) is 13.0. The molecule has 41 heavy (non-hydrogen) atoms. The van der Waals surface area contributed by atoms with Crippen LogP contribution in [0.15, 0.2) is 66.2 Å². The zero-order valence-corrected chi connectivity index (χ0v) is 23.7. The number of pyridine rings is 1. The van der Waals surface area contributed by atoms with Crippen molar-refractivity contribution in [2.45, 2.75) is 57.5 Å². The molecule has 9 heteroatoms. The van der Waals surface area contributed by atoms with Gasteiger partial charge >= 0.3 is 0 Å². The van der Waals surface area contributed by atoms with Gasteiger partial charge in [0, 0.05) is 17.5 Å². The predicted molar refractivity (Wildman–Crippen MR) is 158 cm³/mol. The smallest absolute Gasteiger partial charge is 0.270 e. The number of ether oxygens (including phenoxy) is 1. The minimum atomic E-state index is -0.623. The van der Waals surface area contributed by atoms with E-state index in [0.29, 0.717) is 37.1 Å². The molecule has 7 nitrogen and oxygen atoms in total. The third kappa shape index (κ3) is 7.35. The number of halogens is 1. The van der Waals surface area contributed by atoms with Gasteiger partial charge in [-0.25, -0.2) is 14.4 Å². The van der Waals surface area contributed by atoms with Crippen molar-refractivity contribution < 1.29 is 18.7 Å². The highest BCUT2D eigenvalue weighted by atomic mass is 32.1. The lowest BCUT2D eigenvalue weighted by Crippen LogP contribution is -2.44. The van der Waals surface area contributed by atoms with Gasteiger partial charge in [-0.2, -0.15) is 0 Å². The summed E-state index contributed by atoms with van der Waals surface area (Å²) in [6.07, 6.45) is 5.54. The molecular weight excluding hydrogens is 539 g/mol. The molecule has 211 valence electrons. The van der Waals surface area contributed by atoms with Crippen molar-refractivity contribution in [3.63, 3.8) is 0 Å². The lowest BCUT2D eigenvalue weighted by molar-refractivity contribution is 0.0888. The second-order valence-electron chi connectivity index (χ2n) is 10.2. The summed E-state index contributed by atoms with van der Waals surface area (Å²) < 4.78 is 20.2. The van der Waals surface area contributed by atoms with Crippen molar-refractivity contribution in [1.82, 2.24) is 20.6 Å². The van der Waals surface area contributed by atoms with Crippen LogP contribution in [0, 0.1) is 19.7 Å². The topological polar surface area (TPSA) is 93.2 Å². The maximum Gasteiger partial charge on any atom is 0.270 e. The van der Waals surface area contributed by atoms with Gasteiger partial charge in [0.25, 0.3) is 11.8 Å². The number of amides is 2. The predicted octanol–water partition coefficient (Wildman–Crippen LogP) is 6.68. The Morgan fingerprint density at radius 3 is 2.37 bits per heavy atom. The zero-order chi connectivity index (χ0) is 28.8. The first-order chi connectivity index (χ1) is 19.9. The fourth-order valence-electron chi connectivity index (χ4n) is 5.00. The Labute approximate surface area is 243 Å². The van der Waals surface area contributed by atoms with Gasteiger partial charge in [0.2, 0.25) is 5.88 Å². The first-order valence-corrected chi connectivity index (χ1v) is 14.6. The van der Waals surface area contributed by atoms with Crippen LogP contribution < -0.4 is 15.4 Å². The number of aromatic nitrogens is 2. The summed E-state index contributed by atoms with van der Waals surface area (Å²) in [4.78, 5) is 34.0. The largest absolute Gasteiger partial charge is 0.438 e. The molecular formula is C32H32FN4O3S. The van der Waals surface area contributed by atoms with E-state index in [-0.39, 0.29) is 29.4 Å². The lowest BCUT2D eigenvalue weighted by atomic mass is 9.91. The third-order valence-corrected chi connectivity index (χ3v) is 7.86. The number of thiazole rings is 1. The molecule has 0 aliphatic heterocycles. The molecule has 5 rings (SSSR count). The summed E-state index contributed by atoms with van der Waals surface area (Å²) in [5, 5.41) is 8.63. The molecule has 2 heterocycles. The lowest BCUT2D eigenvalue weighted by Gasteiger charge is -2.29. The van der Waals surface area contributed by atoms with E-state index < -0.39 is 11.7 Å². The average molecular weight is 572 g/mol. The zero-order valence-electron chi connectivity index (χ0n) is 22.9. The van der Waals surface area contributed by atoms with Crippen LogP contribution in [0.2, 0.25) is 0 Å². The van der Waals surface area contributed by atoms with Crippen LogP contribution in [0.4, 0.5) is 4.39 Å². The van der Waals surface area contributed by atoms with Gasteiger partial charge in [0.15, 0.2) is 0 Å². The molecule has 0 atom stereocenters. The highest BCUT2D eigenvalue weighted by Gasteiger charge is 2.26. The third-order valence-electron chi connectivity index (χ3n) is 7.09. The van der Waals surface area contributed by atoms with Crippen LogP contribution >= 0.6 is 11.3 Å². The molecule has 2 aromatic carbocycles. The van der Waals surface area contributed by atoms with Crippen LogP contribution in [0.5, 0.6) is 11.6 Å². The number of hydrogen-bond donors (Lipinski definition) is 2. The van der Waals surface area contributed by atoms with E-state index in [1.165, 1.54) is 16.9 Å². The number of hydrogen-bond acceptors (Lipinski definition) is 6. The minimum absolute atomic E-state index is 0.0130. The standard InChI is InChI=1S/C32H32FN4O3S/c1-3-6-21-7-4-8-22(15-21)23-9-5-10-27(16-23)40-32-28(17-24(33)18-34-32)30(38)36-25-11-13-26(14-12-25)37-31(39)29-19-41-20(2)35-29/h4-5,7-10,15-19,25-26H,1,3,6,11-14H2,2H3,(H,36,38)(H,37,39)/t25-,26-. The van der Waals surface area contributed by atoms with E-state index in [1.807, 2.05) is 37.3 Å². The summed E-state index contributed by atoms with van der Waals surface area (Å²) in [6.45, 7) is 5.79. The molecule has 1 radical (unpaired) electrons. The van der Waals surface area contributed by atoms with Crippen LogP contribution in [0.1, 0.15) is 63.5 Å². The normalized spacial score (nSPS) is 16.7. The Bertz CT molecular complexity index is 1530. The van der Waals surface area contributed by atoms with Crippen molar-refractivity contribution in [2.75, 3.05) is 0 Å². The van der Waals surface area contributed by atoms with Crippen molar-refractivity contribution in [2.24, 2.45) is 0 Å². The van der Waals surface area contributed by atoms with Crippen LogP contribution in [0.3, 0.4) is 0 Å². The number of aryl methyl sites for hydroxylation is 2. The SMILES string of the molecule is [CH2]CCc1cccc(-c2cccc(Oc3ncc(F)cc3C(=O)N[C@H]3CC[C@H](NC(=O)c4csc(C)n4)CC3)c2)c1. The molecule has 4 aromatic rings. The van der Waals surface area contributed by atoms with Crippen molar-refractivity contribution in [3.05, 3.63) is 101 Å².